The van der Waals surface area contributed by atoms with Crippen LogP contribution in [-0.2, 0) is 6.61 Å². The fourth-order valence-electron chi connectivity index (χ4n) is 2.50. The average molecular weight is 301 g/mol. The van der Waals surface area contributed by atoms with E-state index in [0.717, 1.165) is 22.4 Å². The number of fused-ring (bicyclic) bond motifs is 1. The SMILES string of the molecule is c1ccc(-c2nc(COc3ccc4ccccc4c3)co2)cc1. The lowest BCUT2D eigenvalue weighted by Crippen LogP contribution is -1.95. The van der Waals surface area contributed by atoms with Gasteiger partial charge in [-0.15, -0.1) is 0 Å². The number of oxazole rings is 1. The van der Waals surface area contributed by atoms with Crippen molar-refractivity contribution >= 4 is 10.8 Å². The van der Waals surface area contributed by atoms with Gasteiger partial charge in [0, 0.05) is 5.56 Å². The Morgan fingerprint density at radius 1 is 0.826 bits per heavy atom. The normalized spacial score (nSPS) is 10.8. The predicted octanol–water partition coefficient (Wildman–Crippen LogP) is 5.07. The summed E-state index contributed by atoms with van der Waals surface area (Å²) >= 11 is 0. The van der Waals surface area contributed by atoms with Gasteiger partial charge >= 0.3 is 0 Å². The van der Waals surface area contributed by atoms with Crippen LogP contribution in [0.15, 0.2) is 83.5 Å². The highest BCUT2D eigenvalue weighted by Gasteiger charge is 2.07. The van der Waals surface area contributed by atoms with Crippen molar-refractivity contribution in [3.8, 4) is 17.2 Å². The van der Waals surface area contributed by atoms with Crippen LogP contribution in [0.25, 0.3) is 22.2 Å². The molecular weight excluding hydrogens is 286 g/mol. The number of ether oxygens (including phenoxy) is 1. The lowest BCUT2D eigenvalue weighted by atomic mass is 10.1. The number of nitrogens with zero attached hydrogens (tertiary/aromatic N) is 1. The maximum Gasteiger partial charge on any atom is 0.226 e. The molecule has 0 amide bonds. The molecule has 0 aliphatic rings. The molecule has 0 aliphatic carbocycles. The molecule has 0 spiro atoms. The number of hydrogen-bond acceptors (Lipinski definition) is 3. The van der Waals surface area contributed by atoms with Crippen LogP contribution in [0, 0.1) is 0 Å². The lowest BCUT2D eigenvalue weighted by molar-refractivity contribution is 0.301. The number of rotatable bonds is 4. The second kappa shape index (κ2) is 5.97. The highest BCUT2D eigenvalue weighted by molar-refractivity contribution is 5.83. The molecule has 3 heteroatoms. The van der Waals surface area contributed by atoms with Gasteiger partial charge in [-0.1, -0.05) is 48.5 Å². The molecule has 1 aromatic heterocycles. The van der Waals surface area contributed by atoms with E-state index in [2.05, 4.69) is 23.2 Å². The Balaban J connectivity index is 1.49. The Hall–Kier alpha value is -3.07. The topological polar surface area (TPSA) is 35.3 Å². The average Bonchev–Trinajstić information content (AvgIpc) is 3.10. The minimum absolute atomic E-state index is 0.384. The van der Waals surface area contributed by atoms with Gasteiger partial charge in [-0.2, -0.15) is 0 Å². The van der Waals surface area contributed by atoms with E-state index < -0.39 is 0 Å². The molecule has 0 aliphatic heterocycles. The zero-order chi connectivity index (χ0) is 15.5. The molecule has 23 heavy (non-hydrogen) atoms. The predicted molar refractivity (Wildman–Crippen MR) is 90.2 cm³/mol. The summed E-state index contributed by atoms with van der Waals surface area (Å²) in [6.07, 6.45) is 1.64. The smallest absolute Gasteiger partial charge is 0.226 e. The number of benzene rings is 3. The minimum Gasteiger partial charge on any atom is -0.487 e. The van der Waals surface area contributed by atoms with Crippen LogP contribution in [0.2, 0.25) is 0 Å². The van der Waals surface area contributed by atoms with Crippen molar-refractivity contribution in [2.45, 2.75) is 6.61 Å². The summed E-state index contributed by atoms with van der Waals surface area (Å²) in [5.41, 5.74) is 1.74. The van der Waals surface area contributed by atoms with Crippen LogP contribution in [0.4, 0.5) is 0 Å². The summed E-state index contributed by atoms with van der Waals surface area (Å²) in [6, 6.07) is 24.1. The van der Waals surface area contributed by atoms with Gasteiger partial charge in [0.2, 0.25) is 5.89 Å². The van der Waals surface area contributed by atoms with Crippen LogP contribution < -0.4 is 4.74 Å². The van der Waals surface area contributed by atoms with E-state index in [0.29, 0.717) is 12.5 Å². The zero-order valence-corrected chi connectivity index (χ0v) is 12.5. The molecule has 0 atom stereocenters. The summed E-state index contributed by atoms with van der Waals surface area (Å²) in [6.45, 7) is 0.384. The van der Waals surface area contributed by atoms with Crippen molar-refractivity contribution in [3.05, 3.63) is 84.8 Å². The molecule has 0 N–H and O–H groups in total. The van der Waals surface area contributed by atoms with E-state index in [1.54, 1.807) is 6.26 Å². The Morgan fingerprint density at radius 2 is 1.61 bits per heavy atom. The van der Waals surface area contributed by atoms with E-state index in [1.165, 1.54) is 5.39 Å². The van der Waals surface area contributed by atoms with Crippen molar-refractivity contribution in [1.29, 1.82) is 0 Å². The largest absolute Gasteiger partial charge is 0.487 e. The van der Waals surface area contributed by atoms with Gasteiger partial charge in [-0.3, -0.25) is 0 Å². The van der Waals surface area contributed by atoms with Gasteiger partial charge in [0.05, 0.1) is 0 Å². The van der Waals surface area contributed by atoms with Crippen LogP contribution in [0.5, 0.6) is 5.75 Å². The third-order valence-electron chi connectivity index (χ3n) is 3.68. The Kier molecular flexibility index (Phi) is 3.53. The van der Waals surface area contributed by atoms with E-state index >= 15 is 0 Å². The molecule has 4 aromatic rings. The van der Waals surface area contributed by atoms with Gasteiger partial charge < -0.3 is 9.15 Å². The molecular formula is C20H15NO2. The maximum absolute atomic E-state index is 5.83. The molecule has 1 heterocycles. The van der Waals surface area contributed by atoms with Crippen molar-refractivity contribution in [1.82, 2.24) is 4.98 Å². The molecule has 112 valence electrons. The number of hydrogen-bond donors (Lipinski definition) is 0. The highest BCUT2D eigenvalue weighted by Crippen LogP contribution is 2.22. The lowest BCUT2D eigenvalue weighted by Gasteiger charge is -2.05. The van der Waals surface area contributed by atoms with Crippen LogP contribution in [0.3, 0.4) is 0 Å². The summed E-state index contributed by atoms with van der Waals surface area (Å²) in [5, 5.41) is 2.36. The van der Waals surface area contributed by atoms with Gasteiger partial charge in [-0.05, 0) is 35.0 Å². The first kappa shape index (κ1) is 13.6. The Labute approximate surface area is 134 Å². The first-order chi connectivity index (χ1) is 11.4. The fourth-order valence-corrected chi connectivity index (χ4v) is 2.50. The first-order valence-corrected chi connectivity index (χ1v) is 7.50. The number of aromatic nitrogens is 1. The van der Waals surface area contributed by atoms with E-state index in [9.17, 15) is 0 Å². The Morgan fingerprint density at radius 3 is 2.48 bits per heavy atom. The Bertz CT molecular complexity index is 928. The summed E-state index contributed by atoms with van der Waals surface area (Å²) in [7, 11) is 0. The molecule has 4 rings (SSSR count). The van der Waals surface area contributed by atoms with E-state index in [1.807, 2.05) is 54.6 Å². The fraction of sp³-hybridized carbons (Fsp3) is 0.0500. The molecule has 0 saturated carbocycles. The zero-order valence-electron chi connectivity index (χ0n) is 12.5. The maximum atomic E-state index is 5.83. The second-order valence-electron chi connectivity index (χ2n) is 5.31. The van der Waals surface area contributed by atoms with Crippen molar-refractivity contribution < 1.29 is 9.15 Å². The van der Waals surface area contributed by atoms with Crippen LogP contribution in [0.1, 0.15) is 5.69 Å². The van der Waals surface area contributed by atoms with Crippen molar-refractivity contribution in [2.24, 2.45) is 0 Å². The molecule has 3 aromatic carbocycles. The van der Waals surface area contributed by atoms with Crippen LogP contribution in [-0.4, -0.2) is 4.98 Å². The summed E-state index contributed by atoms with van der Waals surface area (Å²) in [5.74, 6) is 1.44. The minimum atomic E-state index is 0.384. The monoisotopic (exact) mass is 301 g/mol. The van der Waals surface area contributed by atoms with Gasteiger partial charge in [0.1, 0.15) is 24.3 Å². The molecule has 0 unspecified atom stereocenters. The highest BCUT2D eigenvalue weighted by atomic mass is 16.5. The summed E-state index contributed by atoms with van der Waals surface area (Å²) in [4.78, 5) is 4.47. The standard InChI is InChI=1S/C20H15NO2/c1-2-7-16(8-3-1)20-21-18(14-23-20)13-22-19-11-10-15-6-4-5-9-17(15)12-19/h1-12,14H,13H2. The quantitative estimate of drug-likeness (QED) is 0.527. The van der Waals surface area contributed by atoms with E-state index in [-0.39, 0.29) is 0 Å². The van der Waals surface area contributed by atoms with Crippen LogP contribution >= 0.6 is 0 Å². The molecule has 0 fully saturated rings. The van der Waals surface area contributed by atoms with Gasteiger partial charge in [0.25, 0.3) is 0 Å². The van der Waals surface area contributed by atoms with Crippen molar-refractivity contribution in [3.63, 3.8) is 0 Å². The molecule has 0 radical (unpaired) electrons. The van der Waals surface area contributed by atoms with E-state index in [4.69, 9.17) is 9.15 Å². The summed E-state index contributed by atoms with van der Waals surface area (Å²) < 4.78 is 11.3. The third-order valence-corrected chi connectivity index (χ3v) is 3.68. The molecule has 0 bridgehead atoms. The van der Waals surface area contributed by atoms with Crippen molar-refractivity contribution in [2.75, 3.05) is 0 Å². The molecule has 3 nitrogen and oxygen atoms in total. The first-order valence-electron chi connectivity index (χ1n) is 7.50. The van der Waals surface area contributed by atoms with Gasteiger partial charge in [-0.25, -0.2) is 4.98 Å². The molecule has 0 saturated heterocycles. The van der Waals surface area contributed by atoms with Gasteiger partial charge in [0.15, 0.2) is 0 Å². The second-order valence-corrected chi connectivity index (χ2v) is 5.31. The third kappa shape index (κ3) is 2.94.